The number of hydrogen-bond acceptors (Lipinski definition) is 4. The van der Waals surface area contributed by atoms with Crippen molar-refractivity contribution in [1.82, 2.24) is 0 Å². The van der Waals surface area contributed by atoms with Gasteiger partial charge in [0, 0.05) is 16.7 Å². The minimum Gasteiger partial charge on any atom is -0.478 e. The van der Waals surface area contributed by atoms with Crippen molar-refractivity contribution < 1.29 is 23.8 Å². The lowest BCUT2D eigenvalue weighted by molar-refractivity contribution is 0.0332. The summed E-state index contributed by atoms with van der Waals surface area (Å²) in [6, 6.07) is 3.77. The van der Waals surface area contributed by atoms with Crippen molar-refractivity contribution in [2.24, 2.45) is 0 Å². The highest BCUT2D eigenvalue weighted by Crippen LogP contribution is 2.50. The highest BCUT2D eigenvalue weighted by molar-refractivity contribution is 6.05. The van der Waals surface area contributed by atoms with Gasteiger partial charge in [-0.05, 0) is 30.7 Å². The van der Waals surface area contributed by atoms with Crippen LogP contribution in [0.25, 0.3) is 11.3 Å². The van der Waals surface area contributed by atoms with E-state index in [2.05, 4.69) is 13.8 Å². The number of carboxylic acids is 1. The average Bonchev–Trinajstić information content (AvgIpc) is 3.05. The molecule has 2 aliphatic rings. The fraction of sp³-hybridized carbons (Fsp3) is 0.368. The lowest BCUT2D eigenvalue weighted by Crippen LogP contribution is -2.25. The first-order chi connectivity index (χ1) is 11.3. The molecule has 4 rings (SSSR count). The quantitative estimate of drug-likeness (QED) is 0.835. The van der Waals surface area contributed by atoms with E-state index < -0.39 is 11.9 Å². The Morgan fingerprint density at radius 2 is 2.08 bits per heavy atom. The third-order valence-electron chi connectivity index (χ3n) is 5.22. The smallest absolute Gasteiger partial charge is 0.339 e. The minimum absolute atomic E-state index is 0.0399. The first-order valence-corrected chi connectivity index (χ1v) is 8.01. The van der Waals surface area contributed by atoms with Crippen LogP contribution in [0.4, 0.5) is 0 Å². The topological polar surface area (TPSA) is 76.7 Å². The molecule has 0 spiro atoms. The van der Waals surface area contributed by atoms with Crippen LogP contribution < -0.4 is 0 Å². The van der Waals surface area contributed by atoms with E-state index in [1.54, 1.807) is 13.0 Å². The number of furan rings is 1. The van der Waals surface area contributed by atoms with Crippen LogP contribution in [0, 0.1) is 6.92 Å². The second kappa shape index (κ2) is 4.72. The number of hydrogen-bond donors (Lipinski definition) is 1. The molecule has 1 N–H and O–H groups in total. The number of benzene rings is 1. The summed E-state index contributed by atoms with van der Waals surface area (Å²) in [6.07, 6.45) is 2.90. The standard InChI is InChI=1S/C19H18O5/c1-9-8-23-16(13(9)17(20)21)10-4-5-11-15-12(6-7-19(11,2)3)24-18(22)14(10)15/h4-5,8,12H,6-7H2,1-3H3,(H,20,21). The first kappa shape index (κ1) is 15.0. The Balaban J connectivity index is 2.02. The molecule has 1 aromatic heterocycles. The van der Waals surface area contributed by atoms with Crippen molar-refractivity contribution in [3.05, 3.63) is 46.2 Å². The van der Waals surface area contributed by atoms with Gasteiger partial charge in [0.2, 0.25) is 0 Å². The molecule has 1 aromatic carbocycles. The van der Waals surface area contributed by atoms with Gasteiger partial charge in [-0.3, -0.25) is 0 Å². The molecule has 0 saturated carbocycles. The molecule has 0 radical (unpaired) electrons. The van der Waals surface area contributed by atoms with Crippen molar-refractivity contribution in [2.45, 2.75) is 45.1 Å². The number of carbonyl (C=O) groups is 2. The van der Waals surface area contributed by atoms with E-state index in [-0.39, 0.29) is 22.8 Å². The molecule has 0 bridgehead atoms. The molecular formula is C19H18O5. The van der Waals surface area contributed by atoms with Gasteiger partial charge in [-0.1, -0.05) is 26.0 Å². The number of carboxylic acid groups (broad SMARTS) is 1. The Bertz CT molecular complexity index is 887. The summed E-state index contributed by atoms with van der Waals surface area (Å²) in [7, 11) is 0. The zero-order valence-corrected chi connectivity index (χ0v) is 13.8. The number of aromatic carboxylic acids is 1. The first-order valence-electron chi connectivity index (χ1n) is 8.01. The zero-order chi connectivity index (χ0) is 17.2. The highest BCUT2D eigenvalue weighted by atomic mass is 16.5. The van der Waals surface area contributed by atoms with Crippen LogP contribution in [-0.4, -0.2) is 17.0 Å². The number of carbonyl (C=O) groups excluding carboxylic acids is 1. The summed E-state index contributed by atoms with van der Waals surface area (Å²) < 4.78 is 11.1. The second-order valence-electron chi connectivity index (χ2n) is 7.19. The summed E-state index contributed by atoms with van der Waals surface area (Å²) in [4.78, 5) is 24.1. The summed E-state index contributed by atoms with van der Waals surface area (Å²) in [6.45, 7) is 5.99. The van der Waals surface area contributed by atoms with E-state index in [0.29, 0.717) is 16.7 Å². The largest absolute Gasteiger partial charge is 0.478 e. The predicted molar refractivity (Wildman–Crippen MR) is 86.3 cm³/mol. The third kappa shape index (κ3) is 1.87. The van der Waals surface area contributed by atoms with Gasteiger partial charge in [0.05, 0.1) is 11.8 Å². The van der Waals surface area contributed by atoms with E-state index in [1.807, 2.05) is 6.07 Å². The van der Waals surface area contributed by atoms with Gasteiger partial charge in [-0.2, -0.15) is 0 Å². The van der Waals surface area contributed by atoms with Crippen molar-refractivity contribution in [3.63, 3.8) is 0 Å². The number of esters is 1. The highest BCUT2D eigenvalue weighted by Gasteiger charge is 2.44. The molecule has 124 valence electrons. The maximum Gasteiger partial charge on any atom is 0.339 e. The lowest BCUT2D eigenvalue weighted by atomic mass is 9.70. The van der Waals surface area contributed by atoms with Crippen LogP contribution >= 0.6 is 0 Å². The Morgan fingerprint density at radius 3 is 2.79 bits per heavy atom. The Morgan fingerprint density at radius 1 is 1.33 bits per heavy atom. The molecule has 1 unspecified atom stereocenters. The van der Waals surface area contributed by atoms with Crippen LogP contribution in [0.2, 0.25) is 0 Å². The Kier molecular flexibility index (Phi) is 2.95. The van der Waals surface area contributed by atoms with E-state index in [4.69, 9.17) is 9.15 Å². The van der Waals surface area contributed by atoms with Crippen LogP contribution in [0.15, 0.2) is 22.8 Å². The zero-order valence-electron chi connectivity index (χ0n) is 13.8. The molecule has 5 nitrogen and oxygen atoms in total. The SMILES string of the molecule is Cc1coc(-c2ccc3c4c2C(=O)OC4CCC3(C)C)c1C(=O)O. The minimum atomic E-state index is -1.07. The number of aryl methyl sites for hydroxylation is 1. The lowest BCUT2D eigenvalue weighted by Gasteiger charge is -2.34. The molecule has 1 atom stereocenters. The molecule has 0 fully saturated rings. The molecule has 2 aromatic rings. The number of rotatable bonds is 2. The molecule has 2 heterocycles. The number of ether oxygens (including phenoxy) is 1. The third-order valence-corrected chi connectivity index (χ3v) is 5.22. The molecule has 0 amide bonds. The van der Waals surface area contributed by atoms with E-state index in [0.717, 1.165) is 24.0 Å². The molecule has 24 heavy (non-hydrogen) atoms. The maximum atomic E-state index is 12.5. The van der Waals surface area contributed by atoms with Gasteiger partial charge >= 0.3 is 11.9 Å². The summed E-state index contributed by atoms with van der Waals surface area (Å²) in [5.41, 5.74) is 3.55. The summed E-state index contributed by atoms with van der Waals surface area (Å²) in [5.74, 6) is -1.24. The Labute approximate surface area is 139 Å². The van der Waals surface area contributed by atoms with E-state index >= 15 is 0 Å². The van der Waals surface area contributed by atoms with Crippen molar-refractivity contribution in [3.8, 4) is 11.3 Å². The van der Waals surface area contributed by atoms with Crippen LogP contribution in [0.5, 0.6) is 0 Å². The van der Waals surface area contributed by atoms with Gasteiger partial charge in [0.1, 0.15) is 17.4 Å². The Hall–Kier alpha value is -2.56. The summed E-state index contributed by atoms with van der Waals surface area (Å²) in [5, 5.41) is 9.48. The molecule has 5 heteroatoms. The predicted octanol–water partition coefficient (Wildman–Crippen LogP) is 4.24. The van der Waals surface area contributed by atoms with Crippen molar-refractivity contribution >= 4 is 11.9 Å². The molecule has 0 saturated heterocycles. The van der Waals surface area contributed by atoms with Gasteiger partial charge in [-0.15, -0.1) is 0 Å². The molecular weight excluding hydrogens is 308 g/mol. The average molecular weight is 326 g/mol. The summed E-state index contributed by atoms with van der Waals surface area (Å²) >= 11 is 0. The van der Waals surface area contributed by atoms with Crippen molar-refractivity contribution in [1.29, 1.82) is 0 Å². The van der Waals surface area contributed by atoms with Gasteiger partial charge < -0.3 is 14.3 Å². The van der Waals surface area contributed by atoms with Crippen molar-refractivity contribution in [2.75, 3.05) is 0 Å². The van der Waals surface area contributed by atoms with Gasteiger partial charge in [0.15, 0.2) is 0 Å². The maximum absolute atomic E-state index is 12.5. The van der Waals surface area contributed by atoms with Gasteiger partial charge in [-0.25, -0.2) is 9.59 Å². The van der Waals surface area contributed by atoms with Crippen LogP contribution in [-0.2, 0) is 10.2 Å². The van der Waals surface area contributed by atoms with Gasteiger partial charge in [0.25, 0.3) is 0 Å². The van der Waals surface area contributed by atoms with E-state index in [1.165, 1.54) is 6.26 Å². The fourth-order valence-corrected chi connectivity index (χ4v) is 3.94. The van der Waals surface area contributed by atoms with Crippen LogP contribution in [0.1, 0.15) is 70.2 Å². The monoisotopic (exact) mass is 326 g/mol. The van der Waals surface area contributed by atoms with E-state index in [9.17, 15) is 14.7 Å². The molecule has 1 aliphatic carbocycles. The fourth-order valence-electron chi connectivity index (χ4n) is 3.94. The molecule has 1 aliphatic heterocycles. The second-order valence-corrected chi connectivity index (χ2v) is 7.19. The normalized spacial score (nSPS) is 20.6. The van der Waals surface area contributed by atoms with Crippen LogP contribution in [0.3, 0.4) is 0 Å².